The Morgan fingerprint density at radius 1 is 1.14 bits per heavy atom. The zero-order valence-electron chi connectivity index (χ0n) is 22.6. The van der Waals surface area contributed by atoms with Crippen LogP contribution in [0.4, 0.5) is 5.69 Å². The molecule has 0 radical (unpaired) electrons. The van der Waals surface area contributed by atoms with Crippen LogP contribution in [0.25, 0.3) is 0 Å². The lowest BCUT2D eigenvalue weighted by atomic mass is 9.78. The van der Waals surface area contributed by atoms with E-state index < -0.39 is 17.9 Å². The number of ketones is 1. The molecule has 4 rings (SSSR count). The molecular formula is C28H42N4O4. The number of carbonyl (C=O) groups excluding carboxylic acids is 3. The van der Waals surface area contributed by atoms with Gasteiger partial charge >= 0.3 is 0 Å². The van der Waals surface area contributed by atoms with Gasteiger partial charge in [-0.1, -0.05) is 34.6 Å². The van der Waals surface area contributed by atoms with Gasteiger partial charge in [0.15, 0.2) is 5.78 Å². The van der Waals surface area contributed by atoms with Gasteiger partial charge in [0, 0.05) is 49.9 Å². The van der Waals surface area contributed by atoms with Crippen LogP contribution < -0.4 is 10.6 Å². The number of nitrogens with two attached hydrogens (primary N) is 1. The summed E-state index contributed by atoms with van der Waals surface area (Å²) in [5, 5.41) is 0. The van der Waals surface area contributed by atoms with Crippen LogP contribution in [0.2, 0.25) is 0 Å². The van der Waals surface area contributed by atoms with E-state index in [1.165, 1.54) is 0 Å². The first-order valence-electron chi connectivity index (χ1n) is 13.2. The Morgan fingerprint density at radius 3 is 2.39 bits per heavy atom. The van der Waals surface area contributed by atoms with Gasteiger partial charge in [0.25, 0.3) is 0 Å². The third-order valence-corrected chi connectivity index (χ3v) is 8.13. The Hall–Kier alpha value is -2.45. The van der Waals surface area contributed by atoms with E-state index in [9.17, 15) is 14.4 Å². The zero-order chi connectivity index (χ0) is 26.4. The molecule has 0 bridgehead atoms. The van der Waals surface area contributed by atoms with Gasteiger partial charge < -0.3 is 25.2 Å². The second-order valence-corrected chi connectivity index (χ2v) is 12.3. The van der Waals surface area contributed by atoms with Gasteiger partial charge in [0.1, 0.15) is 12.6 Å². The van der Waals surface area contributed by atoms with Crippen molar-refractivity contribution in [3.05, 3.63) is 29.3 Å². The fraction of sp³-hybridized carbons (Fsp3) is 0.679. The van der Waals surface area contributed by atoms with Gasteiger partial charge in [0.2, 0.25) is 11.8 Å². The molecule has 1 aromatic rings. The molecule has 3 saturated heterocycles. The number of piperazine rings is 1. The average molecular weight is 499 g/mol. The summed E-state index contributed by atoms with van der Waals surface area (Å²) in [6.45, 7) is 14.7. The van der Waals surface area contributed by atoms with E-state index in [0.29, 0.717) is 24.1 Å². The van der Waals surface area contributed by atoms with Gasteiger partial charge in [0.05, 0.1) is 12.0 Å². The first-order chi connectivity index (χ1) is 16.9. The highest BCUT2D eigenvalue weighted by Crippen LogP contribution is 2.43. The quantitative estimate of drug-likeness (QED) is 0.648. The molecule has 3 heterocycles. The molecule has 0 unspecified atom stereocenters. The number of likely N-dealkylation sites (N-methyl/N-ethyl adjacent to an activating group) is 1. The highest BCUT2D eigenvalue weighted by Gasteiger charge is 2.55. The van der Waals surface area contributed by atoms with Crippen LogP contribution in [0.5, 0.6) is 0 Å². The second kappa shape index (κ2) is 10.1. The van der Waals surface area contributed by atoms with Crippen LogP contribution in [-0.4, -0.2) is 85.9 Å². The topological polar surface area (TPSA) is 96.2 Å². The van der Waals surface area contributed by atoms with Gasteiger partial charge in [-0.2, -0.15) is 0 Å². The van der Waals surface area contributed by atoms with Crippen molar-refractivity contribution < 1.29 is 19.1 Å². The summed E-state index contributed by atoms with van der Waals surface area (Å²) in [7, 11) is 2.11. The highest BCUT2D eigenvalue weighted by atomic mass is 16.5. The molecule has 198 valence electrons. The smallest absolute Gasteiger partial charge is 0.249 e. The molecule has 0 spiro atoms. The number of fused-ring (bicyclic) bond motifs is 1. The maximum absolute atomic E-state index is 14.3. The van der Waals surface area contributed by atoms with Gasteiger partial charge in [-0.3, -0.25) is 14.4 Å². The van der Waals surface area contributed by atoms with E-state index in [2.05, 4.69) is 51.5 Å². The fourth-order valence-electron chi connectivity index (χ4n) is 6.01. The molecule has 2 amide bonds. The SMILES string of the molecule is CC(C)C[C@H](C(=O)N1C[C@@H](C(C)(C)C)[C@H]2OCC(=O)[C@H]21)c1cc(N2CCN(C)CC2)ccc1C(N)=O. The normalized spacial score (nSPS) is 26.0. The molecule has 8 heteroatoms. The molecule has 0 saturated carbocycles. The van der Waals surface area contributed by atoms with Crippen LogP contribution >= 0.6 is 0 Å². The summed E-state index contributed by atoms with van der Waals surface area (Å²) in [6, 6.07) is 5.12. The number of primary amides is 1. The van der Waals surface area contributed by atoms with Gasteiger partial charge in [-0.25, -0.2) is 0 Å². The number of likely N-dealkylation sites (tertiary alicyclic amines) is 1. The summed E-state index contributed by atoms with van der Waals surface area (Å²) in [5.74, 6) is -0.979. The van der Waals surface area contributed by atoms with Gasteiger partial charge in [-0.15, -0.1) is 0 Å². The molecule has 4 atom stereocenters. The Balaban J connectivity index is 1.73. The number of nitrogens with zero attached hydrogens (tertiary/aromatic N) is 3. The fourth-order valence-corrected chi connectivity index (χ4v) is 6.01. The van der Waals surface area contributed by atoms with E-state index in [-0.39, 0.29) is 41.7 Å². The number of ether oxygens (including phenoxy) is 1. The van der Waals surface area contributed by atoms with Crippen molar-refractivity contribution in [2.24, 2.45) is 23.0 Å². The van der Waals surface area contributed by atoms with E-state index >= 15 is 0 Å². The molecule has 36 heavy (non-hydrogen) atoms. The number of amides is 2. The van der Waals surface area contributed by atoms with Crippen LogP contribution in [0, 0.1) is 17.3 Å². The van der Waals surface area contributed by atoms with E-state index in [4.69, 9.17) is 10.5 Å². The van der Waals surface area contributed by atoms with Crippen molar-refractivity contribution in [3.8, 4) is 0 Å². The third-order valence-electron chi connectivity index (χ3n) is 8.13. The molecule has 8 nitrogen and oxygen atoms in total. The standard InChI is InChI=1S/C28H42N4O4/c1-17(2)13-21(27(35)32-15-22(28(3,4)5)25-24(32)23(33)16-36-25)20-14-18(7-8-19(20)26(29)34)31-11-9-30(6)10-12-31/h7-8,14,17,21-22,24-25H,9-13,15-16H2,1-6H3,(H2,29,34)/t21-,22+,24+,25+/m0/s1. The Morgan fingerprint density at radius 2 is 1.81 bits per heavy atom. The van der Waals surface area contributed by atoms with Crippen molar-refractivity contribution in [3.63, 3.8) is 0 Å². The lowest BCUT2D eigenvalue weighted by molar-refractivity contribution is -0.138. The predicted octanol–water partition coefficient (Wildman–Crippen LogP) is 2.51. The van der Waals surface area contributed by atoms with Crippen molar-refractivity contribution in [1.29, 1.82) is 0 Å². The summed E-state index contributed by atoms with van der Waals surface area (Å²) < 4.78 is 5.92. The molecular weight excluding hydrogens is 456 g/mol. The Labute approximate surface area is 215 Å². The maximum Gasteiger partial charge on any atom is 0.249 e. The molecule has 0 aromatic heterocycles. The highest BCUT2D eigenvalue weighted by molar-refractivity contribution is 5.99. The number of benzene rings is 1. The average Bonchev–Trinajstić information content (AvgIpc) is 3.37. The molecule has 3 aliphatic rings. The number of carbonyl (C=O) groups is 3. The zero-order valence-corrected chi connectivity index (χ0v) is 22.6. The molecule has 3 fully saturated rings. The molecule has 3 aliphatic heterocycles. The monoisotopic (exact) mass is 498 g/mol. The van der Waals surface area contributed by atoms with Crippen molar-refractivity contribution in [2.45, 2.75) is 59.1 Å². The number of Topliss-reactive ketones (excluding diaryl/α,β-unsaturated/α-hetero) is 1. The van der Waals surface area contributed by atoms with Crippen molar-refractivity contribution in [1.82, 2.24) is 9.80 Å². The number of hydrogen-bond acceptors (Lipinski definition) is 6. The number of anilines is 1. The Kier molecular flexibility index (Phi) is 7.49. The first kappa shape index (κ1) is 26.6. The van der Waals surface area contributed by atoms with Crippen LogP contribution in [0.15, 0.2) is 18.2 Å². The Bertz CT molecular complexity index is 1010. The minimum Gasteiger partial charge on any atom is -0.369 e. The summed E-state index contributed by atoms with van der Waals surface area (Å²) in [6.07, 6.45) is 0.280. The van der Waals surface area contributed by atoms with Crippen LogP contribution in [-0.2, 0) is 14.3 Å². The largest absolute Gasteiger partial charge is 0.369 e. The molecule has 0 aliphatic carbocycles. The van der Waals surface area contributed by atoms with Gasteiger partial charge in [-0.05, 0) is 48.6 Å². The second-order valence-electron chi connectivity index (χ2n) is 12.3. The van der Waals surface area contributed by atoms with E-state index in [0.717, 1.165) is 31.9 Å². The van der Waals surface area contributed by atoms with E-state index in [1.807, 2.05) is 12.1 Å². The maximum atomic E-state index is 14.3. The van der Waals surface area contributed by atoms with E-state index in [1.54, 1.807) is 11.0 Å². The van der Waals surface area contributed by atoms with Crippen LogP contribution in [0.3, 0.4) is 0 Å². The lowest BCUT2D eigenvalue weighted by Crippen LogP contribution is -2.45. The van der Waals surface area contributed by atoms with Crippen LogP contribution in [0.1, 0.15) is 62.9 Å². The molecule has 1 aromatic carbocycles. The summed E-state index contributed by atoms with van der Waals surface area (Å²) in [4.78, 5) is 46.0. The number of hydrogen-bond donors (Lipinski definition) is 1. The van der Waals surface area contributed by atoms with Crippen molar-refractivity contribution in [2.75, 3.05) is 51.3 Å². The molecule has 2 N–H and O–H groups in total. The summed E-state index contributed by atoms with van der Waals surface area (Å²) >= 11 is 0. The third kappa shape index (κ3) is 5.16. The van der Waals surface area contributed by atoms with Crippen molar-refractivity contribution >= 4 is 23.3 Å². The lowest BCUT2D eigenvalue weighted by Gasteiger charge is -2.35. The minimum atomic E-state index is -0.562. The predicted molar refractivity (Wildman–Crippen MR) is 140 cm³/mol. The summed E-state index contributed by atoms with van der Waals surface area (Å²) in [5.41, 5.74) is 7.74. The first-order valence-corrected chi connectivity index (χ1v) is 13.2. The number of rotatable bonds is 6. The minimum absolute atomic E-state index is 0.0373.